The Labute approximate surface area is 154 Å². The summed E-state index contributed by atoms with van der Waals surface area (Å²) in [5, 5.41) is 0. The average molecular weight is 349 g/mol. The van der Waals surface area contributed by atoms with E-state index in [-0.39, 0.29) is 12.5 Å². The summed E-state index contributed by atoms with van der Waals surface area (Å²) in [4.78, 5) is 26.1. The number of aryl methyl sites for hydroxylation is 1. The SMILES string of the molecule is CCc1ccc(C(=O)OCC(=O)N2CC=C(c3ccccc3)CC2)cc1. The van der Waals surface area contributed by atoms with Crippen LogP contribution in [0.25, 0.3) is 5.57 Å². The number of ether oxygens (including phenoxy) is 1. The van der Waals surface area contributed by atoms with Gasteiger partial charge in [-0.15, -0.1) is 0 Å². The van der Waals surface area contributed by atoms with E-state index in [2.05, 4.69) is 25.1 Å². The van der Waals surface area contributed by atoms with Crippen LogP contribution in [-0.4, -0.2) is 36.5 Å². The van der Waals surface area contributed by atoms with Crippen molar-refractivity contribution in [2.45, 2.75) is 19.8 Å². The molecule has 3 rings (SSSR count). The molecule has 1 aliphatic heterocycles. The number of amides is 1. The topological polar surface area (TPSA) is 46.6 Å². The van der Waals surface area contributed by atoms with Gasteiger partial charge in [0.25, 0.3) is 5.91 Å². The Morgan fingerprint density at radius 2 is 1.77 bits per heavy atom. The van der Waals surface area contributed by atoms with Gasteiger partial charge in [-0.05, 0) is 41.7 Å². The van der Waals surface area contributed by atoms with Gasteiger partial charge in [0.15, 0.2) is 6.61 Å². The van der Waals surface area contributed by atoms with Crippen LogP contribution >= 0.6 is 0 Å². The summed E-state index contributed by atoms with van der Waals surface area (Å²) >= 11 is 0. The van der Waals surface area contributed by atoms with Crippen LogP contribution in [0, 0.1) is 0 Å². The fourth-order valence-electron chi connectivity index (χ4n) is 2.99. The molecule has 0 saturated carbocycles. The lowest BCUT2D eigenvalue weighted by molar-refractivity contribution is -0.134. The number of benzene rings is 2. The standard InChI is InChI=1S/C22H23NO3/c1-2-17-8-10-20(11-9-17)22(25)26-16-21(24)23-14-12-19(13-15-23)18-6-4-3-5-7-18/h3-12H,2,13-16H2,1H3. The van der Waals surface area contributed by atoms with E-state index in [4.69, 9.17) is 4.74 Å². The van der Waals surface area contributed by atoms with E-state index in [9.17, 15) is 9.59 Å². The molecule has 0 saturated heterocycles. The maximum atomic E-state index is 12.3. The molecule has 0 atom stereocenters. The summed E-state index contributed by atoms with van der Waals surface area (Å²) in [5.74, 6) is -0.620. The fourth-order valence-corrected chi connectivity index (χ4v) is 2.99. The molecule has 2 aromatic carbocycles. The van der Waals surface area contributed by atoms with E-state index < -0.39 is 5.97 Å². The molecule has 134 valence electrons. The Balaban J connectivity index is 1.51. The molecule has 0 aliphatic carbocycles. The van der Waals surface area contributed by atoms with E-state index in [0.717, 1.165) is 18.4 Å². The van der Waals surface area contributed by atoms with Crippen molar-refractivity contribution in [3.63, 3.8) is 0 Å². The lowest BCUT2D eigenvalue weighted by Crippen LogP contribution is -2.37. The minimum Gasteiger partial charge on any atom is -0.452 e. The number of hydrogen-bond donors (Lipinski definition) is 0. The van der Waals surface area contributed by atoms with Crippen LogP contribution in [0.5, 0.6) is 0 Å². The molecule has 1 amide bonds. The molecule has 0 spiro atoms. The molecule has 2 aromatic rings. The largest absolute Gasteiger partial charge is 0.452 e. The Morgan fingerprint density at radius 1 is 1.04 bits per heavy atom. The number of nitrogens with zero attached hydrogens (tertiary/aromatic N) is 1. The monoisotopic (exact) mass is 349 g/mol. The van der Waals surface area contributed by atoms with Crippen LogP contribution in [0.4, 0.5) is 0 Å². The van der Waals surface area contributed by atoms with Crippen molar-refractivity contribution in [2.75, 3.05) is 19.7 Å². The third-order valence-corrected chi connectivity index (χ3v) is 4.63. The Bertz CT molecular complexity index is 794. The maximum Gasteiger partial charge on any atom is 0.338 e. The smallest absolute Gasteiger partial charge is 0.338 e. The van der Waals surface area contributed by atoms with Crippen molar-refractivity contribution < 1.29 is 14.3 Å². The molecular weight excluding hydrogens is 326 g/mol. The molecule has 0 unspecified atom stereocenters. The van der Waals surface area contributed by atoms with Crippen molar-refractivity contribution in [3.8, 4) is 0 Å². The molecule has 0 N–H and O–H groups in total. The van der Waals surface area contributed by atoms with E-state index in [1.807, 2.05) is 30.3 Å². The Hall–Kier alpha value is -2.88. The van der Waals surface area contributed by atoms with Crippen LogP contribution < -0.4 is 0 Å². The summed E-state index contributed by atoms with van der Waals surface area (Å²) in [5.41, 5.74) is 4.08. The van der Waals surface area contributed by atoms with Crippen LogP contribution in [0.15, 0.2) is 60.7 Å². The molecule has 0 aromatic heterocycles. The van der Waals surface area contributed by atoms with Crippen LogP contribution in [0.1, 0.15) is 34.8 Å². The van der Waals surface area contributed by atoms with Gasteiger partial charge < -0.3 is 9.64 Å². The van der Waals surface area contributed by atoms with E-state index >= 15 is 0 Å². The van der Waals surface area contributed by atoms with Crippen molar-refractivity contribution in [3.05, 3.63) is 77.4 Å². The first kappa shape index (κ1) is 17.9. The predicted molar refractivity (Wildman–Crippen MR) is 102 cm³/mol. The van der Waals surface area contributed by atoms with E-state index in [0.29, 0.717) is 18.7 Å². The number of rotatable bonds is 5. The van der Waals surface area contributed by atoms with Gasteiger partial charge in [0, 0.05) is 13.1 Å². The van der Waals surface area contributed by atoms with Gasteiger partial charge in [-0.1, -0.05) is 55.5 Å². The molecular formula is C22H23NO3. The van der Waals surface area contributed by atoms with Gasteiger partial charge in [-0.25, -0.2) is 4.79 Å². The fraction of sp³-hybridized carbons (Fsp3) is 0.273. The van der Waals surface area contributed by atoms with Crippen molar-refractivity contribution >= 4 is 17.4 Å². The van der Waals surface area contributed by atoms with Gasteiger partial charge in [-0.3, -0.25) is 4.79 Å². The highest BCUT2D eigenvalue weighted by molar-refractivity contribution is 5.91. The molecule has 0 bridgehead atoms. The Kier molecular flexibility index (Phi) is 5.84. The molecule has 4 heteroatoms. The van der Waals surface area contributed by atoms with Gasteiger partial charge >= 0.3 is 5.97 Å². The zero-order valence-corrected chi connectivity index (χ0v) is 15.0. The summed E-state index contributed by atoms with van der Waals surface area (Å²) in [6.07, 6.45) is 3.80. The first-order valence-corrected chi connectivity index (χ1v) is 8.95. The highest BCUT2D eigenvalue weighted by Crippen LogP contribution is 2.22. The van der Waals surface area contributed by atoms with Gasteiger partial charge in [0.1, 0.15) is 0 Å². The third kappa shape index (κ3) is 4.39. The number of carbonyl (C=O) groups is 2. The summed E-state index contributed by atoms with van der Waals surface area (Å²) in [6, 6.07) is 17.5. The second kappa shape index (κ2) is 8.48. The van der Waals surface area contributed by atoms with Gasteiger partial charge in [0.2, 0.25) is 0 Å². The molecule has 1 heterocycles. The summed E-state index contributed by atoms with van der Waals surface area (Å²) in [6.45, 7) is 3.03. The molecule has 0 fully saturated rings. The number of hydrogen-bond acceptors (Lipinski definition) is 3. The molecule has 1 aliphatic rings. The van der Waals surface area contributed by atoms with Gasteiger partial charge in [0.05, 0.1) is 5.56 Å². The van der Waals surface area contributed by atoms with Crippen LogP contribution in [0.2, 0.25) is 0 Å². The second-order valence-electron chi connectivity index (χ2n) is 6.31. The number of carbonyl (C=O) groups excluding carboxylic acids is 2. The van der Waals surface area contributed by atoms with Crippen molar-refractivity contribution in [1.29, 1.82) is 0 Å². The lowest BCUT2D eigenvalue weighted by Gasteiger charge is -2.26. The maximum absolute atomic E-state index is 12.3. The van der Waals surface area contributed by atoms with Crippen LogP contribution in [-0.2, 0) is 16.0 Å². The zero-order valence-electron chi connectivity index (χ0n) is 15.0. The van der Waals surface area contributed by atoms with E-state index in [1.165, 1.54) is 11.1 Å². The predicted octanol–water partition coefficient (Wildman–Crippen LogP) is 3.72. The summed E-state index contributed by atoms with van der Waals surface area (Å²) in [7, 11) is 0. The minimum absolute atomic E-state index is 0.160. The highest BCUT2D eigenvalue weighted by Gasteiger charge is 2.19. The zero-order chi connectivity index (χ0) is 18.4. The quantitative estimate of drug-likeness (QED) is 0.773. The second-order valence-corrected chi connectivity index (χ2v) is 6.31. The van der Waals surface area contributed by atoms with Gasteiger partial charge in [-0.2, -0.15) is 0 Å². The first-order chi connectivity index (χ1) is 12.7. The molecule has 4 nitrogen and oxygen atoms in total. The average Bonchev–Trinajstić information content (AvgIpc) is 2.72. The highest BCUT2D eigenvalue weighted by atomic mass is 16.5. The van der Waals surface area contributed by atoms with Crippen molar-refractivity contribution in [1.82, 2.24) is 4.90 Å². The summed E-state index contributed by atoms with van der Waals surface area (Å²) < 4.78 is 5.18. The molecule has 26 heavy (non-hydrogen) atoms. The minimum atomic E-state index is -0.460. The first-order valence-electron chi connectivity index (χ1n) is 8.95. The molecule has 0 radical (unpaired) electrons. The Morgan fingerprint density at radius 3 is 2.38 bits per heavy atom. The van der Waals surface area contributed by atoms with Crippen molar-refractivity contribution in [2.24, 2.45) is 0 Å². The van der Waals surface area contributed by atoms with E-state index in [1.54, 1.807) is 17.0 Å². The van der Waals surface area contributed by atoms with Crippen LogP contribution in [0.3, 0.4) is 0 Å². The normalized spacial score (nSPS) is 13.9. The third-order valence-electron chi connectivity index (χ3n) is 4.63. The number of esters is 1. The lowest BCUT2D eigenvalue weighted by atomic mass is 10.00.